The van der Waals surface area contributed by atoms with Gasteiger partial charge >= 0.3 is 12.3 Å². The first kappa shape index (κ1) is 19.3. The first-order chi connectivity index (χ1) is 13.1. The number of H-pyrrole nitrogens is 1. The Balaban J connectivity index is 1.60. The molecule has 0 unspecified atom stereocenters. The summed E-state index contributed by atoms with van der Waals surface area (Å²) in [6.07, 6.45) is -3.76. The maximum absolute atomic E-state index is 13.0. The van der Waals surface area contributed by atoms with Crippen molar-refractivity contribution >= 4 is 23.3 Å². The number of esters is 1. The van der Waals surface area contributed by atoms with Crippen molar-refractivity contribution in [1.82, 2.24) is 4.98 Å². The fraction of sp³-hybridized carbons (Fsp3) is 0.278. The number of halogens is 2. The summed E-state index contributed by atoms with van der Waals surface area (Å²) in [5.74, 6) is -2.07. The van der Waals surface area contributed by atoms with Gasteiger partial charge in [0.25, 0.3) is 5.91 Å². The van der Waals surface area contributed by atoms with Gasteiger partial charge in [0, 0.05) is 23.0 Å². The summed E-state index contributed by atoms with van der Waals surface area (Å²) in [5, 5.41) is 2.39. The van der Waals surface area contributed by atoms with E-state index >= 15 is 0 Å². The molecule has 0 aliphatic carbocycles. The van der Waals surface area contributed by atoms with Gasteiger partial charge in [-0.25, -0.2) is 4.79 Å². The second kappa shape index (κ2) is 6.95. The third-order valence-corrected chi connectivity index (χ3v) is 4.01. The van der Waals surface area contributed by atoms with E-state index in [2.05, 4.69) is 19.8 Å². The molecule has 0 fully saturated rings. The van der Waals surface area contributed by atoms with Gasteiger partial charge < -0.3 is 24.5 Å². The average Bonchev–Trinajstić information content (AvgIpc) is 3.06. The number of aromatic amines is 1. The zero-order chi connectivity index (χ0) is 20.6. The summed E-state index contributed by atoms with van der Waals surface area (Å²) in [6, 6.07) is 3.71. The van der Waals surface area contributed by atoms with Crippen LogP contribution >= 0.6 is 0 Å². The molecule has 0 spiro atoms. The highest BCUT2D eigenvalue weighted by Crippen LogP contribution is 2.42. The van der Waals surface area contributed by atoms with Crippen molar-refractivity contribution in [2.45, 2.75) is 27.1 Å². The molecule has 0 radical (unpaired) electrons. The van der Waals surface area contributed by atoms with Crippen LogP contribution in [0.15, 0.2) is 18.2 Å². The molecule has 3 rings (SSSR count). The van der Waals surface area contributed by atoms with Crippen molar-refractivity contribution < 1.29 is 37.4 Å². The number of fused-ring (bicyclic) bond motifs is 1. The Morgan fingerprint density at radius 2 is 1.86 bits per heavy atom. The van der Waals surface area contributed by atoms with Crippen LogP contribution in [-0.4, -0.2) is 35.5 Å². The molecule has 2 heterocycles. The van der Waals surface area contributed by atoms with Gasteiger partial charge in [-0.15, -0.1) is 8.78 Å². The molecule has 1 amide bonds. The smallest absolute Gasteiger partial charge is 0.451 e. The van der Waals surface area contributed by atoms with E-state index in [0.717, 1.165) is 6.07 Å². The van der Waals surface area contributed by atoms with Crippen LogP contribution in [0.2, 0.25) is 0 Å². The van der Waals surface area contributed by atoms with Crippen LogP contribution in [0.1, 0.15) is 39.0 Å². The molecular formula is C18H16F2N2O6. The van der Waals surface area contributed by atoms with Crippen molar-refractivity contribution in [1.29, 1.82) is 0 Å². The van der Waals surface area contributed by atoms with Gasteiger partial charge in [-0.2, -0.15) is 0 Å². The zero-order valence-electron chi connectivity index (χ0n) is 15.1. The Hall–Kier alpha value is -3.43. The Morgan fingerprint density at radius 1 is 1.18 bits per heavy atom. The zero-order valence-corrected chi connectivity index (χ0v) is 15.1. The van der Waals surface area contributed by atoms with E-state index < -0.39 is 24.8 Å². The molecular weight excluding hydrogens is 378 g/mol. The number of rotatable bonds is 5. The summed E-state index contributed by atoms with van der Waals surface area (Å²) in [4.78, 5) is 38.5. The van der Waals surface area contributed by atoms with Gasteiger partial charge in [-0.05, 0) is 38.5 Å². The maximum atomic E-state index is 13.0. The molecule has 1 aliphatic rings. The van der Waals surface area contributed by atoms with Crippen molar-refractivity contribution in [3.05, 3.63) is 40.7 Å². The Labute approximate surface area is 157 Å². The fourth-order valence-electron chi connectivity index (χ4n) is 2.91. The number of aromatic nitrogens is 1. The number of anilines is 1. The minimum absolute atomic E-state index is 0.0841. The summed E-state index contributed by atoms with van der Waals surface area (Å²) >= 11 is 0. The highest BCUT2D eigenvalue weighted by molar-refractivity contribution is 6.01. The minimum atomic E-state index is -3.76. The number of benzene rings is 1. The van der Waals surface area contributed by atoms with Crippen molar-refractivity contribution in [2.75, 3.05) is 11.9 Å². The SMILES string of the molecule is CC(=O)c1c(C)[nH]c(C(=O)OCC(=O)Nc2ccc3c(c2)OC(F)(F)O3)c1C. The predicted octanol–water partition coefficient (Wildman–Crippen LogP) is 2.95. The summed E-state index contributed by atoms with van der Waals surface area (Å²) in [7, 11) is 0. The monoisotopic (exact) mass is 394 g/mol. The molecule has 0 saturated carbocycles. The quantitative estimate of drug-likeness (QED) is 0.597. The summed E-state index contributed by atoms with van der Waals surface area (Å²) in [5.41, 5.74) is 1.60. The molecule has 1 aromatic carbocycles. The van der Waals surface area contributed by atoms with Crippen molar-refractivity contribution in [3.8, 4) is 11.5 Å². The molecule has 2 aromatic rings. The molecule has 1 aromatic heterocycles. The second-order valence-corrected chi connectivity index (χ2v) is 6.13. The average molecular weight is 394 g/mol. The van der Waals surface area contributed by atoms with E-state index in [1.54, 1.807) is 13.8 Å². The lowest BCUT2D eigenvalue weighted by molar-refractivity contribution is -0.286. The number of carbonyl (C=O) groups is 3. The molecule has 0 saturated heterocycles. The highest BCUT2D eigenvalue weighted by Gasteiger charge is 2.43. The molecule has 10 heteroatoms. The topological polar surface area (TPSA) is 107 Å². The van der Waals surface area contributed by atoms with E-state index in [1.165, 1.54) is 19.1 Å². The van der Waals surface area contributed by atoms with Crippen LogP contribution in [0.25, 0.3) is 0 Å². The number of ether oxygens (including phenoxy) is 3. The molecule has 28 heavy (non-hydrogen) atoms. The first-order valence-electron chi connectivity index (χ1n) is 8.14. The normalized spacial score (nSPS) is 13.9. The molecule has 1 aliphatic heterocycles. The number of amides is 1. The van der Waals surface area contributed by atoms with E-state index in [0.29, 0.717) is 16.8 Å². The summed E-state index contributed by atoms with van der Waals surface area (Å²) < 4.78 is 39.5. The largest absolute Gasteiger partial charge is 0.586 e. The first-order valence-corrected chi connectivity index (χ1v) is 8.14. The predicted molar refractivity (Wildman–Crippen MR) is 91.8 cm³/mol. The highest BCUT2D eigenvalue weighted by atomic mass is 19.3. The summed E-state index contributed by atoms with van der Waals surface area (Å²) in [6.45, 7) is 4.01. The lowest BCUT2D eigenvalue weighted by Crippen LogP contribution is -2.25. The number of ketones is 1. The number of Topliss-reactive ketones (excluding diaryl/α,β-unsaturated/α-hetero) is 1. The molecule has 2 N–H and O–H groups in total. The van der Waals surface area contributed by atoms with E-state index in [9.17, 15) is 23.2 Å². The number of carbonyl (C=O) groups excluding carboxylic acids is 3. The van der Waals surface area contributed by atoms with Gasteiger partial charge in [-0.1, -0.05) is 0 Å². The van der Waals surface area contributed by atoms with Crippen LogP contribution in [0.3, 0.4) is 0 Å². The van der Waals surface area contributed by atoms with Gasteiger partial charge in [0.2, 0.25) is 0 Å². The minimum Gasteiger partial charge on any atom is -0.451 e. The number of aryl methyl sites for hydroxylation is 1. The van der Waals surface area contributed by atoms with Crippen LogP contribution in [0.4, 0.5) is 14.5 Å². The van der Waals surface area contributed by atoms with Crippen molar-refractivity contribution in [3.63, 3.8) is 0 Å². The second-order valence-electron chi connectivity index (χ2n) is 6.13. The number of alkyl halides is 2. The maximum Gasteiger partial charge on any atom is 0.586 e. The lowest BCUT2D eigenvalue weighted by atomic mass is 10.1. The third kappa shape index (κ3) is 3.80. The van der Waals surface area contributed by atoms with E-state index in [-0.39, 0.29) is 28.7 Å². The molecule has 0 bridgehead atoms. The van der Waals surface area contributed by atoms with E-state index in [1.807, 2.05) is 0 Å². The van der Waals surface area contributed by atoms with E-state index in [4.69, 9.17) is 4.74 Å². The number of hydrogen-bond acceptors (Lipinski definition) is 6. The number of nitrogens with one attached hydrogen (secondary N) is 2. The van der Waals surface area contributed by atoms with Gasteiger partial charge in [0.15, 0.2) is 23.9 Å². The Morgan fingerprint density at radius 3 is 2.50 bits per heavy atom. The van der Waals surface area contributed by atoms with Gasteiger partial charge in [0.05, 0.1) is 0 Å². The van der Waals surface area contributed by atoms with Crippen LogP contribution in [-0.2, 0) is 9.53 Å². The fourth-order valence-corrected chi connectivity index (χ4v) is 2.91. The van der Waals surface area contributed by atoms with Crippen LogP contribution in [0, 0.1) is 13.8 Å². The van der Waals surface area contributed by atoms with Gasteiger partial charge in [0.1, 0.15) is 5.69 Å². The Bertz CT molecular complexity index is 983. The van der Waals surface area contributed by atoms with Gasteiger partial charge in [-0.3, -0.25) is 9.59 Å². The van der Waals surface area contributed by atoms with Crippen molar-refractivity contribution in [2.24, 2.45) is 0 Å². The van der Waals surface area contributed by atoms with Crippen LogP contribution in [0.5, 0.6) is 11.5 Å². The Kier molecular flexibility index (Phi) is 4.80. The molecule has 8 nitrogen and oxygen atoms in total. The third-order valence-electron chi connectivity index (χ3n) is 4.01. The molecule has 0 atom stereocenters. The standard InChI is InChI=1S/C18H16F2N2O6/c1-8-15(10(3)23)9(2)21-16(8)17(25)26-7-14(24)22-11-4-5-12-13(6-11)28-18(19,20)27-12/h4-6,21H,7H2,1-3H3,(H,22,24). The molecule has 148 valence electrons. The number of hydrogen-bond donors (Lipinski definition) is 2. The van der Waals surface area contributed by atoms with Crippen LogP contribution < -0.4 is 14.8 Å². The lowest BCUT2D eigenvalue weighted by Gasteiger charge is -2.07.